The van der Waals surface area contributed by atoms with Crippen LogP contribution in [0, 0.1) is 0 Å². The monoisotopic (exact) mass is 293 g/mol. The minimum absolute atomic E-state index is 0.101. The van der Waals surface area contributed by atoms with Gasteiger partial charge in [-0.15, -0.1) is 0 Å². The van der Waals surface area contributed by atoms with Crippen LogP contribution in [-0.2, 0) is 29.3 Å². The maximum absolute atomic E-state index is 11.5. The van der Waals surface area contributed by atoms with Crippen molar-refractivity contribution in [1.82, 2.24) is 14.9 Å². The molecule has 20 heavy (non-hydrogen) atoms. The molecule has 1 aliphatic rings. The van der Waals surface area contributed by atoms with Crippen molar-refractivity contribution in [3.8, 4) is 0 Å². The average molecular weight is 293 g/mol. The lowest BCUT2D eigenvalue weighted by Gasteiger charge is -2.26. The Labute approximate surface area is 117 Å². The lowest BCUT2D eigenvalue weighted by atomic mass is 10.1. The van der Waals surface area contributed by atoms with Crippen LogP contribution < -0.4 is 0 Å². The molecule has 106 valence electrons. The molecule has 3 heterocycles. The third-order valence-electron chi connectivity index (χ3n) is 3.29. The molecule has 0 atom stereocenters. The molecule has 0 spiro atoms. The summed E-state index contributed by atoms with van der Waals surface area (Å²) in [5.74, 6) is 0.894. The number of aromatic nitrogens is 2. The topological polar surface area (TPSA) is 76.3 Å². The molecule has 0 bridgehead atoms. The van der Waals surface area contributed by atoms with E-state index in [0.717, 1.165) is 36.2 Å². The highest BCUT2D eigenvalue weighted by Gasteiger charge is 2.21. The zero-order valence-corrected chi connectivity index (χ0v) is 11.9. The lowest BCUT2D eigenvalue weighted by Crippen LogP contribution is -2.31. The van der Waals surface area contributed by atoms with E-state index in [9.17, 15) is 8.42 Å². The number of sulfone groups is 1. The van der Waals surface area contributed by atoms with Gasteiger partial charge < -0.3 is 4.42 Å². The Kier molecular flexibility index (Phi) is 3.31. The van der Waals surface area contributed by atoms with Crippen LogP contribution in [-0.4, -0.2) is 36.1 Å². The second kappa shape index (κ2) is 4.99. The van der Waals surface area contributed by atoms with Crippen LogP contribution in [0.2, 0.25) is 0 Å². The van der Waals surface area contributed by atoms with Crippen LogP contribution in [0.3, 0.4) is 0 Å². The van der Waals surface area contributed by atoms with Gasteiger partial charge in [-0.25, -0.2) is 18.4 Å². The van der Waals surface area contributed by atoms with Gasteiger partial charge in [0, 0.05) is 25.5 Å². The third kappa shape index (κ3) is 2.73. The van der Waals surface area contributed by atoms with Gasteiger partial charge in [-0.05, 0) is 24.1 Å². The van der Waals surface area contributed by atoms with E-state index >= 15 is 0 Å². The Morgan fingerprint density at radius 1 is 1.45 bits per heavy atom. The van der Waals surface area contributed by atoms with Gasteiger partial charge in [0.15, 0.2) is 0 Å². The Bertz CT molecular complexity index is 710. The fourth-order valence-corrected chi connectivity index (χ4v) is 2.80. The lowest BCUT2D eigenvalue weighted by molar-refractivity contribution is 0.221. The molecule has 1 aliphatic heterocycles. The van der Waals surface area contributed by atoms with Crippen molar-refractivity contribution in [2.24, 2.45) is 0 Å². The van der Waals surface area contributed by atoms with Gasteiger partial charge in [0.05, 0.1) is 18.5 Å². The summed E-state index contributed by atoms with van der Waals surface area (Å²) in [5, 5.41) is -0.101. The quantitative estimate of drug-likeness (QED) is 0.787. The Morgan fingerprint density at radius 3 is 3.00 bits per heavy atom. The summed E-state index contributed by atoms with van der Waals surface area (Å²) in [6.45, 7) is 2.20. The third-order valence-corrected chi connectivity index (χ3v) is 4.15. The average Bonchev–Trinajstić information content (AvgIpc) is 2.90. The second-order valence-corrected chi connectivity index (χ2v) is 6.85. The molecule has 0 saturated carbocycles. The molecular weight excluding hydrogens is 278 g/mol. The fourth-order valence-electron chi connectivity index (χ4n) is 2.28. The molecule has 0 aromatic carbocycles. The van der Waals surface area contributed by atoms with Crippen molar-refractivity contribution >= 4 is 9.84 Å². The first-order valence-electron chi connectivity index (χ1n) is 6.32. The van der Waals surface area contributed by atoms with Crippen LogP contribution >= 0.6 is 0 Å². The van der Waals surface area contributed by atoms with Gasteiger partial charge in [0.1, 0.15) is 5.76 Å². The standard InChI is InChI=1S/C13H15N3O3S/c1-20(17,18)13-14-7-10-4-5-16(9-12(10)15-13)8-11-3-2-6-19-11/h2-3,6-7H,4-5,8-9H2,1H3. The summed E-state index contributed by atoms with van der Waals surface area (Å²) in [5.41, 5.74) is 1.81. The minimum atomic E-state index is -3.36. The first-order chi connectivity index (χ1) is 9.52. The first kappa shape index (κ1) is 13.3. The van der Waals surface area contributed by atoms with E-state index in [2.05, 4.69) is 14.9 Å². The number of nitrogens with zero attached hydrogens (tertiary/aromatic N) is 3. The predicted octanol–water partition coefficient (Wildman–Crippen LogP) is 1.03. The molecule has 3 rings (SSSR count). The summed E-state index contributed by atoms with van der Waals surface area (Å²) in [6, 6.07) is 3.79. The Morgan fingerprint density at radius 2 is 2.30 bits per heavy atom. The van der Waals surface area contributed by atoms with Crippen LogP contribution in [0.1, 0.15) is 17.0 Å². The molecule has 0 aliphatic carbocycles. The van der Waals surface area contributed by atoms with Crippen molar-refractivity contribution in [2.45, 2.75) is 24.7 Å². The Balaban J connectivity index is 1.82. The summed E-state index contributed by atoms with van der Waals surface area (Å²) in [4.78, 5) is 10.3. The minimum Gasteiger partial charge on any atom is -0.468 e. The van der Waals surface area contributed by atoms with Crippen molar-refractivity contribution in [2.75, 3.05) is 12.8 Å². The van der Waals surface area contributed by atoms with Gasteiger partial charge in [-0.1, -0.05) is 0 Å². The van der Waals surface area contributed by atoms with Crippen molar-refractivity contribution in [3.63, 3.8) is 0 Å². The van der Waals surface area contributed by atoms with E-state index in [0.29, 0.717) is 13.1 Å². The van der Waals surface area contributed by atoms with E-state index in [1.54, 1.807) is 12.5 Å². The van der Waals surface area contributed by atoms with Gasteiger partial charge in [0.25, 0.3) is 0 Å². The highest BCUT2D eigenvalue weighted by molar-refractivity contribution is 7.90. The second-order valence-electron chi connectivity index (χ2n) is 4.94. The van der Waals surface area contributed by atoms with Crippen molar-refractivity contribution < 1.29 is 12.8 Å². The molecule has 0 N–H and O–H groups in total. The Hall–Kier alpha value is -1.73. The van der Waals surface area contributed by atoms with E-state index < -0.39 is 9.84 Å². The molecule has 6 nitrogen and oxygen atoms in total. The van der Waals surface area contributed by atoms with E-state index in [1.165, 1.54) is 0 Å². The summed E-state index contributed by atoms with van der Waals surface area (Å²) >= 11 is 0. The molecule has 2 aromatic heterocycles. The summed E-state index contributed by atoms with van der Waals surface area (Å²) in [7, 11) is -3.36. The molecule has 0 amide bonds. The number of rotatable bonds is 3. The van der Waals surface area contributed by atoms with E-state index in [-0.39, 0.29) is 5.16 Å². The SMILES string of the molecule is CS(=O)(=O)c1ncc2c(n1)CN(Cc1ccco1)CC2. The maximum atomic E-state index is 11.5. The van der Waals surface area contributed by atoms with Gasteiger partial charge >= 0.3 is 0 Å². The number of fused-ring (bicyclic) bond motifs is 1. The summed E-state index contributed by atoms with van der Waals surface area (Å²) in [6.07, 6.45) is 5.22. The smallest absolute Gasteiger partial charge is 0.247 e. The molecule has 2 aromatic rings. The molecule has 0 radical (unpaired) electrons. The van der Waals surface area contributed by atoms with Crippen molar-refractivity contribution in [1.29, 1.82) is 0 Å². The number of furan rings is 1. The van der Waals surface area contributed by atoms with Crippen molar-refractivity contribution in [3.05, 3.63) is 41.6 Å². The zero-order chi connectivity index (χ0) is 14.2. The van der Waals surface area contributed by atoms with Gasteiger partial charge in [-0.3, -0.25) is 4.90 Å². The van der Waals surface area contributed by atoms with Crippen LogP contribution in [0.4, 0.5) is 0 Å². The molecule has 7 heteroatoms. The maximum Gasteiger partial charge on any atom is 0.247 e. The van der Waals surface area contributed by atoms with Gasteiger partial charge in [-0.2, -0.15) is 0 Å². The highest BCUT2D eigenvalue weighted by Crippen LogP contribution is 2.19. The fraction of sp³-hybridized carbons (Fsp3) is 0.385. The number of hydrogen-bond acceptors (Lipinski definition) is 6. The van der Waals surface area contributed by atoms with Crippen LogP contribution in [0.25, 0.3) is 0 Å². The predicted molar refractivity (Wildman–Crippen MR) is 71.7 cm³/mol. The summed E-state index contributed by atoms with van der Waals surface area (Å²) < 4.78 is 28.3. The van der Waals surface area contributed by atoms with E-state index in [1.807, 2.05) is 12.1 Å². The molecular formula is C13H15N3O3S. The molecule has 0 unspecified atom stereocenters. The van der Waals surface area contributed by atoms with Crippen LogP contribution in [0.5, 0.6) is 0 Å². The van der Waals surface area contributed by atoms with Gasteiger partial charge in [0.2, 0.25) is 15.0 Å². The normalized spacial score (nSPS) is 16.1. The number of hydrogen-bond donors (Lipinski definition) is 0. The van der Waals surface area contributed by atoms with Crippen LogP contribution in [0.15, 0.2) is 34.2 Å². The molecule has 0 saturated heterocycles. The first-order valence-corrected chi connectivity index (χ1v) is 8.21. The van der Waals surface area contributed by atoms with E-state index in [4.69, 9.17) is 4.42 Å². The highest BCUT2D eigenvalue weighted by atomic mass is 32.2. The zero-order valence-electron chi connectivity index (χ0n) is 11.1. The largest absolute Gasteiger partial charge is 0.468 e. The molecule has 0 fully saturated rings.